The van der Waals surface area contributed by atoms with Gasteiger partial charge in [-0.1, -0.05) is 32.8 Å². The molecule has 26 heavy (non-hydrogen) atoms. The number of aromatic nitrogens is 1. The molecule has 0 radical (unpaired) electrons. The molecule has 0 aliphatic heterocycles. The van der Waals surface area contributed by atoms with Crippen LogP contribution in [0.4, 0.5) is 0 Å². The maximum absolute atomic E-state index is 11.1. The molecule has 2 unspecified atom stereocenters. The van der Waals surface area contributed by atoms with Crippen molar-refractivity contribution < 1.29 is 23.8 Å². The summed E-state index contributed by atoms with van der Waals surface area (Å²) in [6, 6.07) is 6.95. The number of methoxy groups -OCH3 is 1. The fraction of sp³-hybridized carbons (Fsp3) is 0.421. The number of phenols is 1. The summed E-state index contributed by atoms with van der Waals surface area (Å²) in [7, 11) is -1.32. The summed E-state index contributed by atoms with van der Waals surface area (Å²) in [6.45, 7) is 6.08. The van der Waals surface area contributed by atoms with Crippen LogP contribution >= 0.6 is 8.25 Å². The van der Waals surface area contributed by atoms with Gasteiger partial charge in [-0.15, -0.1) is 9.42 Å². The van der Waals surface area contributed by atoms with Gasteiger partial charge in [-0.05, 0) is 41.8 Å². The molecule has 0 aliphatic rings. The number of pyridine rings is 1. The highest BCUT2D eigenvalue weighted by Crippen LogP contribution is 2.37. The lowest BCUT2D eigenvalue weighted by molar-refractivity contribution is 0.191. The maximum atomic E-state index is 11.1. The molecule has 0 bridgehead atoms. The van der Waals surface area contributed by atoms with Crippen molar-refractivity contribution in [3.05, 3.63) is 53.3 Å². The predicted molar refractivity (Wildman–Crippen MR) is 102 cm³/mol. The number of aromatic hydroxyl groups is 1. The van der Waals surface area contributed by atoms with Crippen LogP contribution in [0.5, 0.6) is 11.5 Å². The predicted octanol–water partition coefficient (Wildman–Crippen LogP) is 4.86. The summed E-state index contributed by atoms with van der Waals surface area (Å²) in [5.41, 5.74) is 2.12. The van der Waals surface area contributed by atoms with E-state index in [-0.39, 0.29) is 5.75 Å². The van der Waals surface area contributed by atoms with Crippen molar-refractivity contribution in [2.24, 2.45) is 0 Å². The van der Waals surface area contributed by atoms with E-state index in [1.54, 1.807) is 37.5 Å². The van der Waals surface area contributed by atoms with Crippen molar-refractivity contribution in [3.8, 4) is 11.5 Å². The molecule has 2 rings (SSSR count). The standard InChI is InChI=1S/C15H16NO5P.C4H10/c1-10-6-12(8-14(20-2)15(10)17)13(21-22(18)19)7-11-4-3-5-16-9-11;1-3-4-2/h3-6,8-9,13H,7H2,1-2H3,(H-,17,18,19);3-4H2,1-2H3/p+1. The van der Waals surface area contributed by atoms with Gasteiger partial charge in [0.2, 0.25) is 0 Å². The zero-order chi connectivity index (χ0) is 19.5. The van der Waals surface area contributed by atoms with E-state index in [1.807, 2.05) is 6.07 Å². The van der Waals surface area contributed by atoms with Crippen molar-refractivity contribution in [2.75, 3.05) is 7.11 Å². The second-order valence-corrected chi connectivity index (χ2v) is 6.47. The van der Waals surface area contributed by atoms with Crippen LogP contribution in [-0.2, 0) is 15.5 Å². The van der Waals surface area contributed by atoms with Gasteiger partial charge in [0.25, 0.3) is 0 Å². The molecule has 6 nitrogen and oxygen atoms in total. The molecule has 0 saturated carbocycles. The molecular formula is C19H27NO5P+. The molecular weight excluding hydrogens is 353 g/mol. The van der Waals surface area contributed by atoms with E-state index in [0.717, 1.165) is 5.56 Å². The molecule has 1 aromatic heterocycles. The highest BCUT2D eigenvalue weighted by molar-refractivity contribution is 7.32. The van der Waals surface area contributed by atoms with Crippen LogP contribution in [0, 0.1) is 6.92 Å². The molecule has 0 saturated heterocycles. The van der Waals surface area contributed by atoms with Gasteiger partial charge in [0.05, 0.1) is 7.11 Å². The zero-order valence-electron chi connectivity index (χ0n) is 15.7. The van der Waals surface area contributed by atoms with E-state index in [1.165, 1.54) is 20.0 Å². The molecule has 1 heterocycles. The van der Waals surface area contributed by atoms with Crippen molar-refractivity contribution in [2.45, 2.75) is 46.1 Å². The minimum Gasteiger partial charge on any atom is -0.504 e. The van der Waals surface area contributed by atoms with Crippen LogP contribution in [0.2, 0.25) is 0 Å². The maximum Gasteiger partial charge on any atom is 0.695 e. The van der Waals surface area contributed by atoms with Gasteiger partial charge >= 0.3 is 8.25 Å². The normalized spacial score (nSPS) is 12.0. The average Bonchev–Trinajstić information content (AvgIpc) is 2.64. The Morgan fingerprint density at radius 3 is 2.46 bits per heavy atom. The largest absolute Gasteiger partial charge is 0.695 e. The van der Waals surface area contributed by atoms with Gasteiger partial charge in [0, 0.05) is 23.4 Å². The van der Waals surface area contributed by atoms with Crippen LogP contribution in [0.1, 0.15) is 49.5 Å². The highest BCUT2D eigenvalue weighted by atomic mass is 31.1. The molecule has 142 valence electrons. The molecule has 1 aromatic carbocycles. The van der Waals surface area contributed by atoms with Crippen LogP contribution in [0.3, 0.4) is 0 Å². The summed E-state index contributed by atoms with van der Waals surface area (Å²) in [4.78, 5) is 13.1. The highest BCUT2D eigenvalue weighted by Gasteiger charge is 2.26. The van der Waals surface area contributed by atoms with Crippen LogP contribution in [0.15, 0.2) is 36.7 Å². The summed E-state index contributed by atoms with van der Waals surface area (Å²) in [6.07, 6.45) is 5.69. The Labute approximate surface area is 155 Å². The van der Waals surface area contributed by atoms with Crippen molar-refractivity contribution in [1.82, 2.24) is 4.98 Å². The lowest BCUT2D eigenvalue weighted by atomic mass is 10.00. The van der Waals surface area contributed by atoms with Gasteiger partial charge in [0.15, 0.2) is 11.5 Å². The number of unbranched alkanes of at least 4 members (excludes halogenated alkanes) is 1. The number of nitrogens with zero attached hydrogens (tertiary/aromatic N) is 1. The Hall–Kier alpha value is -2.01. The van der Waals surface area contributed by atoms with E-state index >= 15 is 0 Å². The minimum absolute atomic E-state index is 0.0414. The van der Waals surface area contributed by atoms with Crippen LogP contribution < -0.4 is 4.74 Å². The van der Waals surface area contributed by atoms with Crippen molar-refractivity contribution in [3.63, 3.8) is 0 Å². The summed E-state index contributed by atoms with van der Waals surface area (Å²) in [5, 5.41) is 9.89. The van der Waals surface area contributed by atoms with E-state index in [9.17, 15) is 9.67 Å². The number of hydrogen-bond donors (Lipinski definition) is 2. The molecule has 0 fully saturated rings. The number of phenolic OH excluding ortho intramolecular Hbond substituents is 1. The monoisotopic (exact) mass is 380 g/mol. The summed E-state index contributed by atoms with van der Waals surface area (Å²) >= 11 is 0. The van der Waals surface area contributed by atoms with Gasteiger partial charge in [-0.3, -0.25) is 4.98 Å². The molecule has 2 atom stereocenters. The molecule has 2 aromatic rings. The Balaban J connectivity index is 0.000000765. The molecule has 0 spiro atoms. The topological polar surface area (TPSA) is 88.9 Å². The summed E-state index contributed by atoms with van der Waals surface area (Å²) < 4.78 is 21.4. The second kappa shape index (κ2) is 11.6. The van der Waals surface area contributed by atoms with E-state index < -0.39 is 14.4 Å². The van der Waals surface area contributed by atoms with Crippen molar-refractivity contribution in [1.29, 1.82) is 0 Å². The second-order valence-electron chi connectivity index (χ2n) is 5.79. The number of rotatable bonds is 7. The Morgan fingerprint density at radius 1 is 1.27 bits per heavy atom. The first-order valence-electron chi connectivity index (χ1n) is 8.52. The lowest BCUT2D eigenvalue weighted by Crippen LogP contribution is -2.05. The molecule has 0 aliphatic carbocycles. The minimum atomic E-state index is -2.76. The first-order chi connectivity index (χ1) is 12.4. The number of ether oxygens (including phenoxy) is 1. The Kier molecular flexibility index (Phi) is 9.81. The van der Waals surface area contributed by atoms with E-state index in [0.29, 0.717) is 23.3 Å². The first kappa shape index (κ1) is 22.0. The van der Waals surface area contributed by atoms with Crippen molar-refractivity contribution >= 4 is 8.25 Å². The third-order valence-corrected chi connectivity index (χ3v) is 4.18. The fourth-order valence-electron chi connectivity index (χ4n) is 2.17. The molecule has 7 heteroatoms. The third-order valence-electron chi connectivity index (χ3n) is 3.74. The SMILES string of the molecule is CCCC.COc1cc(C(Cc2cccnc2)O[P+](=O)O)cc(C)c1O. The van der Waals surface area contributed by atoms with Gasteiger partial charge in [0.1, 0.15) is 6.10 Å². The van der Waals surface area contributed by atoms with E-state index in [4.69, 9.17) is 14.2 Å². The zero-order valence-corrected chi connectivity index (χ0v) is 16.6. The quantitative estimate of drug-likeness (QED) is 0.667. The van der Waals surface area contributed by atoms with Crippen LogP contribution in [-0.4, -0.2) is 22.1 Å². The Morgan fingerprint density at radius 2 is 1.96 bits per heavy atom. The third kappa shape index (κ3) is 7.08. The lowest BCUT2D eigenvalue weighted by Gasteiger charge is -2.14. The van der Waals surface area contributed by atoms with E-state index in [2.05, 4.69) is 18.8 Å². The van der Waals surface area contributed by atoms with Gasteiger partial charge in [-0.2, -0.15) is 0 Å². The van der Waals surface area contributed by atoms with Gasteiger partial charge in [-0.25, -0.2) is 0 Å². The average molecular weight is 380 g/mol. The first-order valence-corrected chi connectivity index (χ1v) is 9.65. The smallest absolute Gasteiger partial charge is 0.504 e. The van der Waals surface area contributed by atoms with Gasteiger partial charge < -0.3 is 9.84 Å². The summed E-state index contributed by atoms with van der Waals surface area (Å²) in [5.74, 6) is 0.336. The molecule has 0 amide bonds. The number of benzene rings is 1. The molecule has 2 N–H and O–H groups in total. The Bertz CT molecular complexity index is 692. The number of hydrogen-bond acceptors (Lipinski definition) is 5. The number of aryl methyl sites for hydroxylation is 1. The van der Waals surface area contributed by atoms with Crippen LogP contribution in [0.25, 0.3) is 0 Å². The fourth-order valence-corrected chi connectivity index (χ4v) is 2.59.